The molecule has 0 fully saturated rings. The molecule has 0 aliphatic carbocycles. The molecule has 0 radical (unpaired) electrons. The molecule has 0 saturated carbocycles. The second kappa shape index (κ2) is 5.29. The molecule has 0 saturated heterocycles. The second-order valence-corrected chi connectivity index (χ2v) is 4.22. The van der Waals surface area contributed by atoms with E-state index in [1.54, 1.807) is 12.1 Å². The van der Waals surface area contributed by atoms with Gasteiger partial charge in [0.25, 0.3) is 0 Å². The van der Waals surface area contributed by atoms with Crippen LogP contribution in [-0.2, 0) is 0 Å². The molecule has 0 spiro atoms. The van der Waals surface area contributed by atoms with E-state index in [-0.39, 0.29) is 30.5 Å². The molecule has 3 rings (SSSR count). The normalized spacial score (nSPS) is 11.0. The molecule has 0 aromatic carbocycles. The highest BCUT2D eigenvalue weighted by atomic mass is 19.1. The van der Waals surface area contributed by atoms with E-state index in [2.05, 4.69) is 25.5 Å². The van der Waals surface area contributed by atoms with E-state index in [1.807, 2.05) is 0 Å². The Labute approximate surface area is 117 Å². The largest absolute Gasteiger partial charge is 0.395 e. The van der Waals surface area contributed by atoms with Gasteiger partial charge in [0.15, 0.2) is 23.1 Å². The van der Waals surface area contributed by atoms with Crippen molar-refractivity contribution in [3.8, 4) is 11.4 Å². The van der Waals surface area contributed by atoms with Crippen molar-refractivity contribution >= 4 is 11.5 Å². The molecular formula is C12H11FN6O2. The number of halogens is 1. The van der Waals surface area contributed by atoms with E-state index in [4.69, 9.17) is 5.11 Å². The number of aliphatic hydroxyl groups excluding tert-OH is 1. The number of rotatable bonds is 4. The van der Waals surface area contributed by atoms with Gasteiger partial charge in [0.05, 0.1) is 12.8 Å². The predicted molar refractivity (Wildman–Crippen MR) is 72.4 cm³/mol. The van der Waals surface area contributed by atoms with Crippen LogP contribution >= 0.6 is 0 Å². The highest BCUT2D eigenvalue weighted by Crippen LogP contribution is 2.18. The highest BCUT2D eigenvalue weighted by molar-refractivity contribution is 5.58. The molecule has 0 atom stereocenters. The third-order valence-electron chi connectivity index (χ3n) is 2.82. The van der Waals surface area contributed by atoms with Crippen molar-refractivity contribution in [3.63, 3.8) is 0 Å². The minimum Gasteiger partial charge on any atom is -0.395 e. The first kappa shape index (κ1) is 13.2. The molecular weight excluding hydrogens is 279 g/mol. The van der Waals surface area contributed by atoms with Crippen molar-refractivity contribution in [1.82, 2.24) is 24.6 Å². The molecule has 0 aliphatic heterocycles. The maximum Gasteiger partial charge on any atom is 0.347 e. The summed E-state index contributed by atoms with van der Waals surface area (Å²) in [5, 5.41) is 17.5. The Morgan fingerprint density at radius 1 is 1.43 bits per heavy atom. The maximum atomic E-state index is 13.5. The van der Waals surface area contributed by atoms with Gasteiger partial charge in [-0.15, -0.1) is 0 Å². The van der Waals surface area contributed by atoms with E-state index in [1.165, 1.54) is 10.6 Å². The van der Waals surface area contributed by atoms with Gasteiger partial charge in [0.2, 0.25) is 0 Å². The van der Waals surface area contributed by atoms with Gasteiger partial charge in [-0.25, -0.2) is 28.7 Å². The number of pyridine rings is 1. The van der Waals surface area contributed by atoms with E-state index >= 15 is 0 Å². The van der Waals surface area contributed by atoms with Crippen molar-refractivity contribution in [3.05, 3.63) is 40.8 Å². The summed E-state index contributed by atoms with van der Waals surface area (Å²) in [6.07, 6.45) is 2.55. The van der Waals surface area contributed by atoms with E-state index in [0.717, 1.165) is 6.20 Å². The smallest absolute Gasteiger partial charge is 0.347 e. The number of hydrogen-bond donors (Lipinski definition) is 3. The number of nitrogens with one attached hydrogen (secondary N) is 2. The van der Waals surface area contributed by atoms with Gasteiger partial charge in [-0.05, 0) is 12.1 Å². The van der Waals surface area contributed by atoms with Crippen molar-refractivity contribution in [2.24, 2.45) is 0 Å². The van der Waals surface area contributed by atoms with Crippen molar-refractivity contribution in [2.75, 3.05) is 18.5 Å². The lowest BCUT2D eigenvalue weighted by atomic mass is 10.2. The Morgan fingerprint density at radius 3 is 3.10 bits per heavy atom. The molecule has 0 aliphatic rings. The summed E-state index contributed by atoms with van der Waals surface area (Å²) in [5.41, 5.74) is 0.620. The van der Waals surface area contributed by atoms with Crippen molar-refractivity contribution in [1.29, 1.82) is 0 Å². The summed E-state index contributed by atoms with van der Waals surface area (Å²) in [5.74, 6) is -0.366. The van der Waals surface area contributed by atoms with Crippen LogP contribution in [0.3, 0.4) is 0 Å². The Bertz CT molecular complexity index is 843. The number of aromatic nitrogens is 5. The van der Waals surface area contributed by atoms with Gasteiger partial charge in [0.1, 0.15) is 0 Å². The lowest BCUT2D eigenvalue weighted by Crippen LogP contribution is -2.11. The van der Waals surface area contributed by atoms with Gasteiger partial charge < -0.3 is 10.4 Å². The van der Waals surface area contributed by atoms with Crippen LogP contribution in [0.1, 0.15) is 0 Å². The third kappa shape index (κ3) is 2.46. The standard InChI is InChI=1S/C12H11FN6O2/c13-8-5-15-10(16-11(8)14-3-4-20)7-1-2-9-17-18-12(21)19(9)6-7/h1-2,5-6,20H,3-4H2,(H,18,21)(H,14,15,16). The fourth-order valence-corrected chi connectivity index (χ4v) is 1.84. The summed E-state index contributed by atoms with van der Waals surface area (Å²) in [6.45, 7) is 0.0305. The lowest BCUT2D eigenvalue weighted by Gasteiger charge is -2.07. The minimum atomic E-state index is -0.617. The van der Waals surface area contributed by atoms with E-state index < -0.39 is 5.82 Å². The average Bonchev–Trinajstić information content (AvgIpc) is 2.87. The topological polar surface area (TPSA) is 108 Å². The quantitative estimate of drug-likeness (QED) is 0.625. The van der Waals surface area contributed by atoms with Crippen LogP contribution in [0.15, 0.2) is 29.3 Å². The summed E-state index contributed by atoms with van der Waals surface area (Å²) >= 11 is 0. The van der Waals surface area contributed by atoms with Crippen LogP contribution in [-0.4, -0.2) is 42.8 Å². The second-order valence-electron chi connectivity index (χ2n) is 4.22. The van der Waals surface area contributed by atoms with E-state index in [9.17, 15) is 9.18 Å². The Kier molecular flexibility index (Phi) is 3.32. The SMILES string of the molecule is O=c1[nH]nc2ccc(-c3ncc(F)c(NCCO)n3)cn12. The number of anilines is 1. The number of nitrogens with zero attached hydrogens (tertiary/aromatic N) is 4. The molecule has 3 aromatic rings. The lowest BCUT2D eigenvalue weighted by molar-refractivity contribution is 0.310. The minimum absolute atomic E-state index is 0.00584. The summed E-state index contributed by atoms with van der Waals surface area (Å²) in [6, 6.07) is 3.31. The highest BCUT2D eigenvalue weighted by Gasteiger charge is 2.10. The molecule has 21 heavy (non-hydrogen) atoms. The van der Waals surface area contributed by atoms with Crippen LogP contribution in [0.2, 0.25) is 0 Å². The molecule has 3 aromatic heterocycles. The van der Waals surface area contributed by atoms with Gasteiger partial charge in [0, 0.05) is 18.3 Å². The molecule has 0 amide bonds. The van der Waals surface area contributed by atoms with Gasteiger partial charge >= 0.3 is 5.69 Å². The first-order valence-corrected chi connectivity index (χ1v) is 6.13. The van der Waals surface area contributed by atoms with Gasteiger partial charge in [-0.2, -0.15) is 5.10 Å². The van der Waals surface area contributed by atoms with Crippen LogP contribution in [0.25, 0.3) is 17.0 Å². The van der Waals surface area contributed by atoms with Gasteiger partial charge in [-0.3, -0.25) is 0 Å². The number of aliphatic hydroxyl groups is 1. The fraction of sp³-hybridized carbons (Fsp3) is 0.167. The number of H-pyrrole nitrogens is 1. The Hall–Kier alpha value is -2.81. The summed E-state index contributed by atoms with van der Waals surface area (Å²) in [4.78, 5) is 19.5. The summed E-state index contributed by atoms with van der Waals surface area (Å²) in [7, 11) is 0. The molecule has 8 nitrogen and oxygen atoms in total. The molecule has 3 heterocycles. The van der Waals surface area contributed by atoms with E-state index in [0.29, 0.717) is 11.2 Å². The van der Waals surface area contributed by atoms with Crippen molar-refractivity contribution < 1.29 is 9.50 Å². The van der Waals surface area contributed by atoms with Crippen molar-refractivity contribution in [2.45, 2.75) is 0 Å². The molecule has 9 heteroatoms. The zero-order chi connectivity index (χ0) is 14.8. The predicted octanol–water partition coefficient (Wildman–Crippen LogP) is 0.0229. The van der Waals surface area contributed by atoms with Crippen LogP contribution < -0.4 is 11.0 Å². The molecule has 108 valence electrons. The third-order valence-corrected chi connectivity index (χ3v) is 2.82. The fourth-order valence-electron chi connectivity index (χ4n) is 1.84. The Balaban J connectivity index is 2.05. The number of aromatic amines is 1. The monoisotopic (exact) mass is 290 g/mol. The maximum absolute atomic E-state index is 13.5. The Morgan fingerprint density at radius 2 is 2.29 bits per heavy atom. The van der Waals surface area contributed by atoms with Gasteiger partial charge in [-0.1, -0.05) is 0 Å². The van der Waals surface area contributed by atoms with Crippen LogP contribution in [0, 0.1) is 5.82 Å². The molecule has 0 unspecified atom stereocenters. The van der Waals surface area contributed by atoms with Crippen LogP contribution in [0.4, 0.5) is 10.2 Å². The first-order valence-electron chi connectivity index (χ1n) is 6.13. The van der Waals surface area contributed by atoms with Crippen LogP contribution in [0.5, 0.6) is 0 Å². The molecule has 0 bridgehead atoms. The zero-order valence-corrected chi connectivity index (χ0v) is 10.7. The summed E-state index contributed by atoms with van der Waals surface area (Å²) < 4.78 is 14.8. The average molecular weight is 290 g/mol. The number of hydrogen-bond acceptors (Lipinski definition) is 6. The number of fused-ring (bicyclic) bond motifs is 1. The first-order chi connectivity index (χ1) is 10.2. The zero-order valence-electron chi connectivity index (χ0n) is 10.7. The molecule has 3 N–H and O–H groups in total.